The Bertz CT molecular complexity index is 440. The number of ether oxygens (including phenoxy) is 1. The lowest BCUT2D eigenvalue weighted by Gasteiger charge is -2.38. The van der Waals surface area contributed by atoms with Crippen molar-refractivity contribution in [2.24, 2.45) is 5.73 Å². The Morgan fingerprint density at radius 1 is 1.50 bits per heavy atom. The van der Waals surface area contributed by atoms with Gasteiger partial charge in [0.2, 0.25) is 0 Å². The maximum Gasteiger partial charge on any atom is 0.123 e. The third-order valence-electron chi connectivity index (χ3n) is 4.37. The van der Waals surface area contributed by atoms with E-state index in [2.05, 4.69) is 25.8 Å². The molecule has 1 aliphatic heterocycles. The van der Waals surface area contributed by atoms with E-state index in [0.717, 1.165) is 25.0 Å². The van der Waals surface area contributed by atoms with E-state index in [4.69, 9.17) is 10.5 Å². The Hall–Kier alpha value is -0.970. The van der Waals surface area contributed by atoms with Crippen LogP contribution in [0.4, 0.5) is 4.39 Å². The van der Waals surface area contributed by atoms with Gasteiger partial charge in [-0.05, 0) is 44.5 Å². The van der Waals surface area contributed by atoms with Gasteiger partial charge in [-0.3, -0.25) is 4.90 Å². The van der Waals surface area contributed by atoms with Gasteiger partial charge < -0.3 is 10.5 Å². The highest BCUT2D eigenvalue weighted by molar-refractivity contribution is 5.22. The van der Waals surface area contributed by atoms with Gasteiger partial charge >= 0.3 is 0 Å². The molecular formula is C16H25FN2O. The van der Waals surface area contributed by atoms with E-state index in [1.807, 2.05) is 6.07 Å². The molecule has 1 heterocycles. The second-order valence-corrected chi connectivity index (χ2v) is 5.67. The summed E-state index contributed by atoms with van der Waals surface area (Å²) in [5.41, 5.74) is 7.25. The smallest absolute Gasteiger partial charge is 0.123 e. The number of nitrogens with two attached hydrogens (primary N) is 1. The summed E-state index contributed by atoms with van der Waals surface area (Å²) >= 11 is 0. The number of likely N-dealkylation sites (N-methyl/N-ethyl adjacent to an activating group) is 1. The third kappa shape index (κ3) is 3.19. The van der Waals surface area contributed by atoms with E-state index in [-0.39, 0.29) is 24.0 Å². The minimum absolute atomic E-state index is 0.0184. The highest BCUT2D eigenvalue weighted by Crippen LogP contribution is 2.30. The van der Waals surface area contributed by atoms with Crippen LogP contribution in [-0.2, 0) is 4.74 Å². The molecule has 4 atom stereocenters. The molecule has 0 radical (unpaired) electrons. The van der Waals surface area contributed by atoms with Gasteiger partial charge in [0.1, 0.15) is 5.82 Å². The summed E-state index contributed by atoms with van der Waals surface area (Å²) in [5.74, 6) is -0.208. The molecule has 2 rings (SSSR count). The first kappa shape index (κ1) is 15.4. The molecule has 2 N–H and O–H groups in total. The summed E-state index contributed by atoms with van der Waals surface area (Å²) in [6.45, 7) is 4.95. The molecule has 0 spiro atoms. The van der Waals surface area contributed by atoms with Crippen LogP contribution in [0.5, 0.6) is 0 Å². The number of nitrogens with zero attached hydrogens (tertiary/aromatic N) is 1. The predicted molar refractivity (Wildman–Crippen MR) is 79.0 cm³/mol. The van der Waals surface area contributed by atoms with Crippen LogP contribution in [0.25, 0.3) is 0 Å². The molecule has 1 fully saturated rings. The van der Waals surface area contributed by atoms with Crippen molar-refractivity contribution in [3.05, 3.63) is 35.6 Å². The summed E-state index contributed by atoms with van der Waals surface area (Å²) in [6, 6.07) is 7.11. The largest absolute Gasteiger partial charge is 0.377 e. The lowest BCUT2D eigenvalue weighted by atomic mass is 9.94. The number of rotatable bonds is 5. The molecule has 0 amide bonds. The molecule has 0 aromatic heterocycles. The maximum atomic E-state index is 13.5. The fourth-order valence-corrected chi connectivity index (χ4v) is 3.16. The van der Waals surface area contributed by atoms with Gasteiger partial charge in [-0.1, -0.05) is 19.1 Å². The average molecular weight is 280 g/mol. The quantitative estimate of drug-likeness (QED) is 0.901. The van der Waals surface area contributed by atoms with Crippen LogP contribution < -0.4 is 5.73 Å². The fourth-order valence-electron chi connectivity index (χ4n) is 3.16. The van der Waals surface area contributed by atoms with Crippen molar-refractivity contribution in [2.75, 3.05) is 13.7 Å². The Kier molecular flexibility index (Phi) is 5.13. The van der Waals surface area contributed by atoms with Crippen LogP contribution in [0, 0.1) is 5.82 Å². The van der Waals surface area contributed by atoms with Crippen molar-refractivity contribution in [3.8, 4) is 0 Å². The van der Waals surface area contributed by atoms with Crippen LogP contribution in [0.1, 0.15) is 38.3 Å². The van der Waals surface area contributed by atoms with Gasteiger partial charge in [-0.2, -0.15) is 0 Å². The zero-order chi connectivity index (χ0) is 14.7. The van der Waals surface area contributed by atoms with Crippen molar-refractivity contribution >= 4 is 0 Å². The second kappa shape index (κ2) is 6.66. The molecule has 20 heavy (non-hydrogen) atoms. The van der Waals surface area contributed by atoms with Crippen LogP contribution >= 0.6 is 0 Å². The number of hydrogen-bond acceptors (Lipinski definition) is 3. The van der Waals surface area contributed by atoms with Crippen LogP contribution in [0.15, 0.2) is 24.3 Å². The molecule has 0 aliphatic carbocycles. The topological polar surface area (TPSA) is 38.5 Å². The van der Waals surface area contributed by atoms with Crippen molar-refractivity contribution in [1.82, 2.24) is 4.90 Å². The lowest BCUT2D eigenvalue weighted by molar-refractivity contribution is 0.0608. The summed E-state index contributed by atoms with van der Waals surface area (Å²) in [7, 11) is 2.07. The average Bonchev–Trinajstić information content (AvgIpc) is 2.85. The maximum absolute atomic E-state index is 13.5. The van der Waals surface area contributed by atoms with Gasteiger partial charge in [0, 0.05) is 18.7 Å². The molecule has 4 unspecified atom stereocenters. The van der Waals surface area contributed by atoms with E-state index < -0.39 is 0 Å². The Labute approximate surface area is 120 Å². The van der Waals surface area contributed by atoms with E-state index in [1.165, 1.54) is 6.07 Å². The molecule has 1 aliphatic rings. The zero-order valence-electron chi connectivity index (χ0n) is 12.6. The molecule has 1 aromatic carbocycles. The minimum Gasteiger partial charge on any atom is -0.377 e. The standard InChI is InChI=1S/C16H25FN2O/c1-4-14(18)16(12-6-5-7-13(17)10-12)19(3)15-8-9-20-11(15)2/h5-7,10-11,14-16H,4,8-9,18H2,1-3H3. The van der Waals surface area contributed by atoms with E-state index in [1.54, 1.807) is 12.1 Å². The molecule has 4 heteroatoms. The molecule has 1 aromatic rings. The van der Waals surface area contributed by atoms with E-state index >= 15 is 0 Å². The summed E-state index contributed by atoms with van der Waals surface area (Å²) in [5, 5.41) is 0. The molecule has 1 saturated heterocycles. The molecule has 3 nitrogen and oxygen atoms in total. The Balaban J connectivity index is 2.27. The summed E-state index contributed by atoms with van der Waals surface area (Å²) in [4.78, 5) is 2.26. The summed E-state index contributed by atoms with van der Waals surface area (Å²) in [6.07, 6.45) is 2.05. The van der Waals surface area contributed by atoms with Crippen LogP contribution in [-0.4, -0.2) is 36.7 Å². The van der Waals surface area contributed by atoms with E-state index in [9.17, 15) is 4.39 Å². The molecule has 112 valence electrons. The van der Waals surface area contributed by atoms with Crippen molar-refractivity contribution in [1.29, 1.82) is 0 Å². The number of benzene rings is 1. The second-order valence-electron chi connectivity index (χ2n) is 5.67. The third-order valence-corrected chi connectivity index (χ3v) is 4.37. The van der Waals surface area contributed by atoms with Gasteiger partial charge in [0.25, 0.3) is 0 Å². The predicted octanol–water partition coefficient (Wildman–Crippen LogP) is 2.71. The SMILES string of the molecule is CCC(N)C(c1cccc(F)c1)N(C)C1CCOC1C. The van der Waals surface area contributed by atoms with E-state index in [0.29, 0.717) is 6.04 Å². The Morgan fingerprint density at radius 2 is 2.25 bits per heavy atom. The highest BCUT2D eigenvalue weighted by atomic mass is 19.1. The van der Waals surface area contributed by atoms with Crippen LogP contribution in [0.2, 0.25) is 0 Å². The first-order valence-corrected chi connectivity index (χ1v) is 7.39. The first-order chi connectivity index (χ1) is 9.54. The summed E-state index contributed by atoms with van der Waals surface area (Å²) < 4.78 is 19.2. The van der Waals surface area contributed by atoms with Gasteiger partial charge in [0.05, 0.1) is 12.1 Å². The van der Waals surface area contributed by atoms with Crippen molar-refractivity contribution in [2.45, 2.75) is 50.9 Å². The fraction of sp³-hybridized carbons (Fsp3) is 0.625. The van der Waals surface area contributed by atoms with Crippen molar-refractivity contribution in [3.63, 3.8) is 0 Å². The van der Waals surface area contributed by atoms with Crippen molar-refractivity contribution < 1.29 is 9.13 Å². The molecule has 0 bridgehead atoms. The van der Waals surface area contributed by atoms with Crippen LogP contribution in [0.3, 0.4) is 0 Å². The minimum atomic E-state index is -0.208. The number of hydrogen-bond donors (Lipinski definition) is 1. The number of halogens is 1. The van der Waals surface area contributed by atoms with Gasteiger partial charge in [-0.15, -0.1) is 0 Å². The monoisotopic (exact) mass is 280 g/mol. The lowest BCUT2D eigenvalue weighted by Crippen LogP contribution is -2.46. The zero-order valence-corrected chi connectivity index (χ0v) is 12.6. The van der Waals surface area contributed by atoms with Gasteiger partial charge in [-0.25, -0.2) is 4.39 Å². The molecule has 0 saturated carbocycles. The van der Waals surface area contributed by atoms with Gasteiger partial charge in [0.15, 0.2) is 0 Å². The first-order valence-electron chi connectivity index (χ1n) is 7.39. The molecular weight excluding hydrogens is 255 g/mol. The highest BCUT2D eigenvalue weighted by Gasteiger charge is 2.34. The normalized spacial score (nSPS) is 25.9. The Morgan fingerprint density at radius 3 is 2.80 bits per heavy atom.